The Morgan fingerprint density at radius 1 is 0.868 bits per heavy atom. The second-order valence-electron chi connectivity index (χ2n) is 13.9. The van der Waals surface area contributed by atoms with Crippen LogP contribution in [0.25, 0.3) is 0 Å². The average molecular weight is 535 g/mol. The fourth-order valence-electron chi connectivity index (χ4n) is 9.62. The molecule has 0 saturated heterocycles. The van der Waals surface area contributed by atoms with Crippen LogP contribution in [0.2, 0.25) is 0 Å². The van der Waals surface area contributed by atoms with Crippen molar-refractivity contribution in [3.63, 3.8) is 0 Å². The lowest BCUT2D eigenvalue weighted by Gasteiger charge is -2.62. The molecular formula is C30H50N2O6. The maximum atomic E-state index is 12.8. The molecule has 0 unspecified atom stereocenters. The molecule has 10 atom stereocenters. The van der Waals surface area contributed by atoms with Crippen molar-refractivity contribution < 1.29 is 29.7 Å². The molecule has 216 valence electrons. The molecule has 0 radical (unpaired) electrons. The lowest BCUT2D eigenvalue weighted by Crippen LogP contribution is -2.58. The zero-order chi connectivity index (χ0) is 28.0. The molecule has 0 spiro atoms. The number of rotatable bonds is 8. The number of fused-ring (bicyclic) bond motifs is 5. The van der Waals surface area contributed by atoms with Gasteiger partial charge in [-0.15, -0.1) is 0 Å². The summed E-state index contributed by atoms with van der Waals surface area (Å²) in [7, 11) is 3.04. The molecule has 4 fully saturated rings. The van der Waals surface area contributed by atoms with Crippen molar-refractivity contribution in [3.05, 3.63) is 0 Å². The van der Waals surface area contributed by atoms with E-state index in [0.29, 0.717) is 41.9 Å². The molecule has 8 heteroatoms. The monoisotopic (exact) mass is 534 g/mol. The SMILES string of the molecule is C[C@H](CCC(=O)N(C)CC(=O)N(C)CC(=O)O)[C@H]1CC[C@H]2[C@@H]3[C@@H](O)C[C@@H]4C[C@H](O)CC[C@]4(C)[C@H]3CC[C@]12C. The number of aliphatic carboxylic acids is 1. The Labute approximate surface area is 228 Å². The average Bonchev–Trinajstić information content (AvgIpc) is 3.20. The molecule has 0 bridgehead atoms. The van der Waals surface area contributed by atoms with Gasteiger partial charge in [-0.1, -0.05) is 20.8 Å². The number of likely N-dealkylation sites (N-methyl/N-ethyl adjacent to an activating group) is 2. The highest BCUT2D eigenvalue weighted by Gasteiger charge is 2.62. The van der Waals surface area contributed by atoms with Gasteiger partial charge in [0.05, 0.1) is 18.8 Å². The lowest BCUT2D eigenvalue weighted by molar-refractivity contribution is -0.174. The Balaban J connectivity index is 1.36. The summed E-state index contributed by atoms with van der Waals surface area (Å²) in [6.45, 7) is 6.66. The number of nitrogens with zero attached hydrogens (tertiary/aromatic N) is 2. The fraction of sp³-hybridized carbons (Fsp3) is 0.900. The van der Waals surface area contributed by atoms with E-state index in [1.54, 1.807) is 7.05 Å². The van der Waals surface area contributed by atoms with Crippen molar-refractivity contribution in [1.29, 1.82) is 0 Å². The smallest absolute Gasteiger partial charge is 0.323 e. The van der Waals surface area contributed by atoms with Crippen molar-refractivity contribution in [2.45, 2.75) is 97.2 Å². The van der Waals surface area contributed by atoms with E-state index in [4.69, 9.17) is 5.11 Å². The van der Waals surface area contributed by atoms with Crippen LogP contribution in [-0.4, -0.2) is 82.3 Å². The number of carboxylic acids is 1. The van der Waals surface area contributed by atoms with Crippen LogP contribution in [0.3, 0.4) is 0 Å². The molecule has 4 aliphatic rings. The van der Waals surface area contributed by atoms with Gasteiger partial charge in [-0.2, -0.15) is 0 Å². The summed E-state index contributed by atoms with van der Waals surface area (Å²) < 4.78 is 0. The summed E-state index contributed by atoms with van der Waals surface area (Å²) in [5, 5.41) is 30.6. The fourth-order valence-corrected chi connectivity index (χ4v) is 9.62. The number of hydrogen-bond donors (Lipinski definition) is 3. The van der Waals surface area contributed by atoms with Crippen LogP contribution in [-0.2, 0) is 14.4 Å². The molecule has 4 rings (SSSR count). The standard InChI is InChI=1S/C30H50N2O6/c1-18(6-9-25(35)31(4)16-26(36)32(5)17-27(37)38)21-7-8-22-28-23(11-13-30(21,22)3)29(2)12-10-20(33)14-19(29)15-24(28)34/h18-24,28,33-34H,6-17H2,1-5H3,(H,37,38)/t18-,19+,20-,21-,22+,23+,24+,28+,29+,30-/m1/s1. The largest absolute Gasteiger partial charge is 0.480 e. The van der Waals surface area contributed by atoms with Crippen molar-refractivity contribution in [2.75, 3.05) is 27.2 Å². The first-order valence-corrected chi connectivity index (χ1v) is 14.8. The zero-order valence-corrected chi connectivity index (χ0v) is 24.1. The molecule has 0 aromatic carbocycles. The van der Waals surface area contributed by atoms with Gasteiger partial charge in [0.25, 0.3) is 0 Å². The molecule has 3 N–H and O–H groups in total. The maximum Gasteiger partial charge on any atom is 0.323 e. The van der Waals surface area contributed by atoms with Crippen molar-refractivity contribution in [1.82, 2.24) is 9.80 Å². The Morgan fingerprint density at radius 2 is 1.50 bits per heavy atom. The van der Waals surface area contributed by atoms with Crippen molar-refractivity contribution in [3.8, 4) is 0 Å². The molecule has 0 aliphatic heterocycles. The van der Waals surface area contributed by atoms with Gasteiger partial charge in [0.1, 0.15) is 6.54 Å². The highest BCUT2D eigenvalue weighted by Crippen LogP contribution is 2.68. The zero-order valence-electron chi connectivity index (χ0n) is 24.1. The third-order valence-electron chi connectivity index (χ3n) is 11.8. The maximum absolute atomic E-state index is 12.8. The Morgan fingerprint density at radius 3 is 2.18 bits per heavy atom. The van der Waals surface area contributed by atoms with Gasteiger partial charge < -0.3 is 25.1 Å². The summed E-state index contributed by atoms with van der Waals surface area (Å²) in [6.07, 6.45) is 8.86. The highest BCUT2D eigenvalue weighted by molar-refractivity contribution is 5.86. The Bertz CT molecular complexity index is 911. The third-order valence-corrected chi connectivity index (χ3v) is 11.8. The van der Waals surface area contributed by atoms with Gasteiger partial charge in [0.15, 0.2) is 0 Å². The molecule has 38 heavy (non-hydrogen) atoms. The molecule has 4 saturated carbocycles. The summed E-state index contributed by atoms with van der Waals surface area (Å²) >= 11 is 0. The minimum atomic E-state index is -1.08. The first-order chi connectivity index (χ1) is 17.8. The van der Waals surface area contributed by atoms with Crippen LogP contribution in [0.5, 0.6) is 0 Å². The van der Waals surface area contributed by atoms with E-state index in [0.717, 1.165) is 56.3 Å². The van der Waals surface area contributed by atoms with Crippen molar-refractivity contribution in [2.24, 2.45) is 46.3 Å². The number of carboxylic acid groups (broad SMARTS) is 1. The van der Waals surface area contributed by atoms with E-state index >= 15 is 0 Å². The first-order valence-electron chi connectivity index (χ1n) is 14.8. The van der Waals surface area contributed by atoms with Crippen LogP contribution in [0.1, 0.15) is 85.0 Å². The molecule has 4 aliphatic carbocycles. The lowest BCUT2D eigenvalue weighted by atomic mass is 9.43. The molecule has 8 nitrogen and oxygen atoms in total. The molecular weight excluding hydrogens is 484 g/mol. The summed E-state index contributed by atoms with van der Waals surface area (Å²) in [5.41, 5.74) is 0.393. The molecule has 0 aromatic rings. The minimum Gasteiger partial charge on any atom is -0.480 e. The van der Waals surface area contributed by atoms with Crippen LogP contribution in [0.15, 0.2) is 0 Å². The quantitative estimate of drug-likeness (QED) is 0.439. The van der Waals surface area contributed by atoms with Gasteiger partial charge in [-0.05, 0) is 104 Å². The molecule has 2 amide bonds. The predicted molar refractivity (Wildman–Crippen MR) is 144 cm³/mol. The van der Waals surface area contributed by atoms with E-state index in [-0.39, 0.29) is 47.9 Å². The van der Waals surface area contributed by atoms with Crippen LogP contribution in [0.4, 0.5) is 0 Å². The minimum absolute atomic E-state index is 0.0847. The first kappa shape index (κ1) is 29.3. The van der Waals surface area contributed by atoms with Crippen LogP contribution in [0, 0.1) is 46.3 Å². The van der Waals surface area contributed by atoms with Crippen LogP contribution >= 0.6 is 0 Å². The number of aliphatic hydroxyl groups excluding tert-OH is 2. The molecule has 0 aromatic heterocycles. The van der Waals surface area contributed by atoms with Gasteiger partial charge in [-0.3, -0.25) is 14.4 Å². The van der Waals surface area contributed by atoms with Gasteiger partial charge in [-0.25, -0.2) is 0 Å². The number of hydrogen-bond acceptors (Lipinski definition) is 5. The normalized spacial score (nSPS) is 40.9. The van der Waals surface area contributed by atoms with E-state index in [1.807, 2.05) is 0 Å². The van der Waals surface area contributed by atoms with Crippen molar-refractivity contribution >= 4 is 17.8 Å². The third kappa shape index (κ3) is 5.36. The highest BCUT2D eigenvalue weighted by atomic mass is 16.4. The van der Waals surface area contributed by atoms with Gasteiger partial charge in [0.2, 0.25) is 11.8 Å². The number of carbonyl (C=O) groups is 3. The van der Waals surface area contributed by atoms with Crippen LogP contribution < -0.4 is 0 Å². The number of amides is 2. The topological polar surface area (TPSA) is 118 Å². The molecule has 0 heterocycles. The summed E-state index contributed by atoms with van der Waals surface area (Å²) in [4.78, 5) is 38.5. The van der Waals surface area contributed by atoms with E-state index in [9.17, 15) is 24.6 Å². The van der Waals surface area contributed by atoms with Gasteiger partial charge >= 0.3 is 5.97 Å². The summed E-state index contributed by atoms with van der Waals surface area (Å²) in [6, 6.07) is 0. The van der Waals surface area contributed by atoms with E-state index < -0.39 is 5.97 Å². The second-order valence-corrected chi connectivity index (χ2v) is 13.9. The summed E-state index contributed by atoms with van der Waals surface area (Å²) in [5.74, 6) is 1.14. The number of carbonyl (C=O) groups excluding carboxylic acids is 2. The van der Waals surface area contributed by atoms with E-state index in [2.05, 4.69) is 20.8 Å². The predicted octanol–water partition coefficient (Wildman–Crippen LogP) is 3.39. The number of aliphatic hydroxyl groups is 2. The van der Waals surface area contributed by atoms with E-state index in [1.165, 1.54) is 18.4 Å². The van der Waals surface area contributed by atoms with Gasteiger partial charge in [0, 0.05) is 20.5 Å². The Kier molecular flexibility index (Phi) is 8.54. The Hall–Kier alpha value is -1.67. The second kappa shape index (κ2) is 11.1.